The van der Waals surface area contributed by atoms with E-state index in [9.17, 15) is 4.79 Å². The fraction of sp³-hybridized carbons (Fsp3) is 0.189. The van der Waals surface area contributed by atoms with Gasteiger partial charge in [-0.3, -0.25) is 4.79 Å². The second kappa shape index (κ2) is 18.7. The van der Waals surface area contributed by atoms with Crippen LogP contribution < -0.4 is 15.4 Å². The molecule has 0 radical (unpaired) electrons. The first-order valence-corrected chi connectivity index (χ1v) is 16.4. The number of anilines is 2. The highest BCUT2D eigenvalue weighted by Gasteiger charge is 2.13. The van der Waals surface area contributed by atoms with Gasteiger partial charge in [-0.05, 0) is 99.3 Å². The Kier molecular flexibility index (Phi) is 14.8. The minimum atomic E-state index is -0.148. The highest BCUT2D eigenvalue weighted by Crippen LogP contribution is 2.31. The molecule has 234 valence electrons. The Hall–Kier alpha value is -3.97. The number of carbonyl (C=O) groups excluding carboxylic acids is 1. The van der Waals surface area contributed by atoms with E-state index in [1.807, 2.05) is 105 Å². The van der Waals surface area contributed by atoms with E-state index in [1.165, 1.54) is 19.3 Å². The van der Waals surface area contributed by atoms with Crippen molar-refractivity contribution in [3.8, 4) is 11.3 Å². The van der Waals surface area contributed by atoms with Gasteiger partial charge in [0.1, 0.15) is 0 Å². The van der Waals surface area contributed by atoms with E-state index in [4.69, 9.17) is 33.9 Å². The van der Waals surface area contributed by atoms with Crippen LogP contribution in [-0.2, 0) is 0 Å². The predicted molar refractivity (Wildman–Crippen MR) is 198 cm³/mol. The number of aromatic nitrogens is 1. The van der Waals surface area contributed by atoms with Crippen LogP contribution in [0.4, 0.5) is 11.4 Å². The van der Waals surface area contributed by atoms with Crippen LogP contribution in [0.25, 0.3) is 22.2 Å². The van der Waals surface area contributed by atoms with E-state index in [-0.39, 0.29) is 5.91 Å². The summed E-state index contributed by atoms with van der Waals surface area (Å²) in [5, 5.41) is 5.52. The average Bonchev–Trinajstić information content (AvgIpc) is 3.35. The van der Waals surface area contributed by atoms with E-state index in [0.717, 1.165) is 45.2 Å². The van der Waals surface area contributed by atoms with Crippen molar-refractivity contribution in [1.29, 1.82) is 0 Å². The molecule has 5 rings (SSSR count). The van der Waals surface area contributed by atoms with Crippen molar-refractivity contribution in [1.82, 2.24) is 4.98 Å². The third kappa shape index (κ3) is 11.8. The quantitative estimate of drug-likeness (QED) is 0.159. The summed E-state index contributed by atoms with van der Waals surface area (Å²) in [5.41, 5.74) is 10.6. The number of benzene rings is 3. The molecule has 0 bridgehead atoms. The largest absolute Gasteiger partial charge is 0.399 e. The van der Waals surface area contributed by atoms with Crippen LogP contribution in [-0.4, -0.2) is 23.2 Å². The van der Waals surface area contributed by atoms with E-state index < -0.39 is 0 Å². The lowest BCUT2D eigenvalue weighted by atomic mass is 10.1. The van der Waals surface area contributed by atoms with Gasteiger partial charge in [0, 0.05) is 50.9 Å². The van der Waals surface area contributed by atoms with Gasteiger partial charge in [-0.1, -0.05) is 85.3 Å². The Balaban J connectivity index is 0.000000393. The van der Waals surface area contributed by atoms with Gasteiger partial charge in [0.15, 0.2) is 0 Å². The lowest BCUT2D eigenvalue weighted by Gasteiger charge is -2.21. The van der Waals surface area contributed by atoms with Crippen molar-refractivity contribution in [3.63, 3.8) is 0 Å². The summed E-state index contributed by atoms with van der Waals surface area (Å²) < 4.78 is 2.33. The van der Waals surface area contributed by atoms with Crippen LogP contribution in [0.3, 0.4) is 0 Å². The summed E-state index contributed by atoms with van der Waals surface area (Å²) in [6, 6.07) is 25.3. The van der Waals surface area contributed by atoms with E-state index in [0.29, 0.717) is 22.0 Å². The van der Waals surface area contributed by atoms with Crippen LogP contribution in [0.2, 0.25) is 5.02 Å². The molecule has 1 amide bonds. The number of nitrogens with one attached hydrogen (secondary N) is 1. The number of pyridine rings is 1. The van der Waals surface area contributed by atoms with Gasteiger partial charge < -0.3 is 15.4 Å². The maximum absolute atomic E-state index is 12.9. The first kappa shape index (κ1) is 35.5. The van der Waals surface area contributed by atoms with Crippen molar-refractivity contribution < 1.29 is 4.79 Å². The molecule has 0 saturated carbocycles. The van der Waals surface area contributed by atoms with Crippen LogP contribution in [0, 0.1) is 0 Å². The molecule has 0 atom stereocenters. The summed E-state index contributed by atoms with van der Waals surface area (Å²) in [6.07, 6.45) is 10.7. The molecule has 1 aromatic heterocycles. The molecular formula is C37H40Cl2N4OS. The Bertz CT molecular complexity index is 1640. The van der Waals surface area contributed by atoms with E-state index in [2.05, 4.69) is 22.8 Å². The van der Waals surface area contributed by atoms with Crippen LogP contribution >= 0.6 is 35.1 Å². The zero-order chi connectivity index (χ0) is 32.6. The van der Waals surface area contributed by atoms with Crippen molar-refractivity contribution in [3.05, 3.63) is 138 Å². The summed E-state index contributed by atoms with van der Waals surface area (Å²) in [6.45, 7) is 11.7. The summed E-state index contributed by atoms with van der Waals surface area (Å²) in [5.74, 6) is 0.998. The molecule has 0 unspecified atom stereocenters. The fourth-order valence-corrected chi connectivity index (χ4v) is 5.46. The van der Waals surface area contributed by atoms with Gasteiger partial charge >= 0.3 is 0 Å². The van der Waals surface area contributed by atoms with Crippen molar-refractivity contribution in [2.45, 2.75) is 33.1 Å². The summed E-state index contributed by atoms with van der Waals surface area (Å²) >= 11 is 13.7. The molecule has 0 aliphatic carbocycles. The zero-order valence-electron chi connectivity index (χ0n) is 25.8. The number of halogens is 2. The third-order valence-corrected chi connectivity index (χ3v) is 8.34. The maximum Gasteiger partial charge on any atom is 0.255 e. The first-order valence-electron chi connectivity index (χ1n) is 14.7. The number of carbonyl (C=O) groups is 1. The van der Waals surface area contributed by atoms with Crippen LogP contribution in [0.5, 0.6) is 0 Å². The lowest BCUT2D eigenvalue weighted by molar-refractivity contribution is 0.102. The molecular weight excluding hydrogens is 619 g/mol. The molecule has 3 aromatic carbocycles. The van der Waals surface area contributed by atoms with Gasteiger partial charge in [0.25, 0.3) is 5.91 Å². The number of nitrogens with zero attached hydrogens (tertiary/aromatic N) is 2. The molecule has 1 fully saturated rings. The van der Waals surface area contributed by atoms with Gasteiger partial charge in [-0.15, -0.1) is 0 Å². The molecule has 8 heteroatoms. The number of hydrogen-bond acceptors (Lipinski definition) is 5. The summed E-state index contributed by atoms with van der Waals surface area (Å²) in [4.78, 5) is 17.6. The van der Waals surface area contributed by atoms with Gasteiger partial charge in [-0.25, -0.2) is 4.98 Å². The number of allylic oxidation sites excluding steroid dienone is 5. The van der Waals surface area contributed by atoms with Crippen molar-refractivity contribution in [2.24, 2.45) is 5.73 Å². The molecule has 45 heavy (non-hydrogen) atoms. The summed E-state index contributed by atoms with van der Waals surface area (Å²) in [7, 11) is 0. The average molecular weight is 660 g/mol. The smallest absolute Gasteiger partial charge is 0.255 e. The Morgan fingerprint density at radius 2 is 1.78 bits per heavy atom. The number of amides is 1. The molecule has 3 N–H and O–H groups in total. The zero-order valence-corrected chi connectivity index (χ0v) is 28.1. The first-order chi connectivity index (χ1) is 21.7. The number of para-hydroxylation sites is 1. The minimum Gasteiger partial charge on any atom is -0.399 e. The van der Waals surface area contributed by atoms with Crippen LogP contribution in [0.1, 0.15) is 43.5 Å². The standard InChI is InChI=1S/C27H24ClN3OS.C6H9N.C4H7Cl/c28-24-14-11-21(18-23(24)26-15-10-19-6-2-3-7-25(19)30-26)29-27(32)20-8-12-22(13-9-20)31-16-4-1-5-17-33-31;1-3-4-5-6(2)7;1-3-4(2)5/h2-3,6-15,18H,1,4-5,16-17H2,(H,29,32);3-5H,1-2,7H2;3H,1-2H3/b;5-4-;4-3+. The molecule has 1 saturated heterocycles. The van der Waals surface area contributed by atoms with Crippen molar-refractivity contribution in [2.75, 3.05) is 21.9 Å². The molecule has 1 aliphatic heterocycles. The Morgan fingerprint density at radius 1 is 1.04 bits per heavy atom. The second-order valence-corrected chi connectivity index (χ2v) is 12.2. The Labute approximate surface area is 281 Å². The van der Waals surface area contributed by atoms with E-state index >= 15 is 0 Å². The topological polar surface area (TPSA) is 71.2 Å². The number of hydrogen-bond donors (Lipinski definition) is 2. The minimum absolute atomic E-state index is 0.148. The molecule has 5 nitrogen and oxygen atoms in total. The predicted octanol–water partition coefficient (Wildman–Crippen LogP) is 10.8. The van der Waals surface area contributed by atoms with Crippen molar-refractivity contribution >= 4 is 63.3 Å². The number of rotatable bonds is 6. The van der Waals surface area contributed by atoms with Gasteiger partial charge in [0.05, 0.1) is 16.2 Å². The monoisotopic (exact) mass is 658 g/mol. The van der Waals surface area contributed by atoms with Gasteiger partial charge in [0.2, 0.25) is 0 Å². The second-order valence-electron chi connectivity index (χ2n) is 10.1. The molecule has 1 aliphatic rings. The Morgan fingerprint density at radius 3 is 2.44 bits per heavy atom. The maximum atomic E-state index is 12.9. The molecule has 0 spiro atoms. The molecule has 2 heterocycles. The number of nitrogens with two attached hydrogens (primary N) is 1. The highest BCUT2D eigenvalue weighted by atomic mass is 35.5. The third-order valence-electron chi connectivity index (χ3n) is 6.61. The lowest BCUT2D eigenvalue weighted by Crippen LogP contribution is -2.15. The normalized spacial score (nSPS) is 13.2. The SMILES string of the molecule is C/C=C(\C)Cl.C=C/C=C\C(=C)N.O=C(Nc1ccc(Cl)c(-c2ccc3ccccc3n2)c1)c1ccc(N2CCCCCS2)cc1. The molecule has 4 aromatic rings. The van der Waals surface area contributed by atoms with Crippen LogP contribution in [0.15, 0.2) is 127 Å². The van der Waals surface area contributed by atoms with Gasteiger partial charge in [-0.2, -0.15) is 0 Å². The highest BCUT2D eigenvalue weighted by molar-refractivity contribution is 8.00. The fourth-order valence-electron chi connectivity index (χ4n) is 4.17. The number of fused-ring (bicyclic) bond motifs is 1. The van der Waals surface area contributed by atoms with E-state index in [1.54, 1.807) is 24.3 Å².